The summed E-state index contributed by atoms with van der Waals surface area (Å²) in [6.45, 7) is 2.09. The molecule has 2 aromatic carbocycles. The molecule has 0 aliphatic carbocycles. The standard InChI is InChI=1S/C18H14ClNO2S/c1-2-12-3-5-13(6-4-12)11-16-17(21)20(18(22)23-16)15-9-7-14(19)8-10-15/h3-11H,2H2,1H3/b16-11-. The molecular formula is C18H14ClNO2S. The average molecular weight is 344 g/mol. The number of hydrogen-bond acceptors (Lipinski definition) is 3. The summed E-state index contributed by atoms with van der Waals surface area (Å²) in [5.74, 6) is -0.304. The van der Waals surface area contributed by atoms with Gasteiger partial charge in [0.15, 0.2) is 0 Å². The van der Waals surface area contributed by atoms with Gasteiger partial charge in [0.05, 0.1) is 10.6 Å². The van der Waals surface area contributed by atoms with E-state index in [0.29, 0.717) is 15.6 Å². The quantitative estimate of drug-likeness (QED) is 0.724. The Morgan fingerprint density at radius 2 is 1.70 bits per heavy atom. The molecule has 23 heavy (non-hydrogen) atoms. The van der Waals surface area contributed by atoms with Gasteiger partial charge in [-0.05, 0) is 59.7 Å². The Balaban J connectivity index is 1.88. The van der Waals surface area contributed by atoms with Gasteiger partial charge in [-0.1, -0.05) is 42.8 Å². The summed E-state index contributed by atoms with van der Waals surface area (Å²) in [6, 6.07) is 14.6. The van der Waals surface area contributed by atoms with Gasteiger partial charge < -0.3 is 0 Å². The SMILES string of the molecule is CCc1ccc(/C=C2\SC(=O)N(c3ccc(Cl)cc3)C2=O)cc1. The lowest BCUT2D eigenvalue weighted by Gasteiger charge is -2.12. The maximum Gasteiger partial charge on any atom is 0.298 e. The lowest BCUT2D eigenvalue weighted by atomic mass is 10.1. The van der Waals surface area contributed by atoms with E-state index in [1.165, 1.54) is 10.5 Å². The van der Waals surface area contributed by atoms with Crippen LogP contribution in [0.1, 0.15) is 18.1 Å². The first-order chi connectivity index (χ1) is 11.1. The van der Waals surface area contributed by atoms with Crippen molar-refractivity contribution in [1.82, 2.24) is 0 Å². The van der Waals surface area contributed by atoms with Crippen LogP contribution in [0.3, 0.4) is 0 Å². The van der Waals surface area contributed by atoms with Crippen LogP contribution in [0.5, 0.6) is 0 Å². The minimum absolute atomic E-state index is 0.297. The third-order valence-corrected chi connectivity index (χ3v) is 4.69. The van der Waals surface area contributed by atoms with Gasteiger partial charge >= 0.3 is 0 Å². The van der Waals surface area contributed by atoms with E-state index in [-0.39, 0.29) is 11.1 Å². The van der Waals surface area contributed by atoms with Crippen LogP contribution in [-0.4, -0.2) is 11.1 Å². The van der Waals surface area contributed by atoms with Crippen molar-refractivity contribution in [2.75, 3.05) is 4.90 Å². The molecule has 0 atom stereocenters. The number of amides is 2. The van der Waals surface area contributed by atoms with Crippen LogP contribution in [0.25, 0.3) is 6.08 Å². The molecule has 0 unspecified atom stereocenters. The molecular weight excluding hydrogens is 330 g/mol. The van der Waals surface area contributed by atoms with Crippen molar-refractivity contribution in [3.8, 4) is 0 Å². The Morgan fingerprint density at radius 3 is 2.30 bits per heavy atom. The van der Waals surface area contributed by atoms with E-state index < -0.39 is 0 Å². The van der Waals surface area contributed by atoms with Crippen molar-refractivity contribution >= 4 is 46.3 Å². The number of aryl methyl sites for hydroxylation is 1. The highest BCUT2D eigenvalue weighted by atomic mass is 35.5. The van der Waals surface area contributed by atoms with Crippen LogP contribution in [-0.2, 0) is 11.2 Å². The Bertz CT molecular complexity index is 782. The summed E-state index contributed by atoms with van der Waals surface area (Å²) in [6.07, 6.45) is 2.72. The number of rotatable bonds is 3. The molecule has 0 saturated carbocycles. The Kier molecular flexibility index (Phi) is 4.55. The summed E-state index contributed by atoms with van der Waals surface area (Å²) < 4.78 is 0. The van der Waals surface area contributed by atoms with E-state index >= 15 is 0 Å². The Labute approximate surface area is 143 Å². The topological polar surface area (TPSA) is 37.4 Å². The molecule has 1 saturated heterocycles. The van der Waals surface area contributed by atoms with E-state index in [4.69, 9.17) is 11.6 Å². The van der Waals surface area contributed by atoms with Gasteiger partial charge in [-0.3, -0.25) is 9.59 Å². The monoisotopic (exact) mass is 343 g/mol. The van der Waals surface area contributed by atoms with Crippen molar-refractivity contribution in [3.05, 3.63) is 69.6 Å². The number of hydrogen-bond donors (Lipinski definition) is 0. The Hall–Kier alpha value is -2.04. The third-order valence-electron chi connectivity index (χ3n) is 3.56. The zero-order chi connectivity index (χ0) is 16.4. The minimum Gasteiger partial charge on any atom is -0.268 e. The van der Waals surface area contributed by atoms with Gasteiger partial charge in [-0.15, -0.1) is 0 Å². The second-order valence-electron chi connectivity index (χ2n) is 5.09. The zero-order valence-corrected chi connectivity index (χ0v) is 14.0. The molecule has 1 aliphatic heterocycles. The number of anilines is 1. The van der Waals surface area contributed by atoms with Crippen molar-refractivity contribution in [3.63, 3.8) is 0 Å². The second kappa shape index (κ2) is 6.60. The van der Waals surface area contributed by atoms with Crippen LogP contribution < -0.4 is 4.90 Å². The summed E-state index contributed by atoms with van der Waals surface area (Å²) in [5.41, 5.74) is 2.67. The lowest BCUT2D eigenvalue weighted by molar-refractivity contribution is -0.113. The molecule has 3 nitrogen and oxygen atoms in total. The molecule has 1 fully saturated rings. The third kappa shape index (κ3) is 3.33. The molecule has 2 aromatic rings. The predicted octanol–water partition coefficient (Wildman–Crippen LogP) is 5.14. The molecule has 5 heteroatoms. The number of carbonyl (C=O) groups excluding carboxylic acids is 2. The molecule has 0 aromatic heterocycles. The zero-order valence-electron chi connectivity index (χ0n) is 12.5. The fraction of sp³-hybridized carbons (Fsp3) is 0.111. The fourth-order valence-electron chi connectivity index (χ4n) is 2.28. The number of imide groups is 1. The van der Waals surface area contributed by atoms with Crippen LogP contribution in [0, 0.1) is 0 Å². The van der Waals surface area contributed by atoms with E-state index in [9.17, 15) is 9.59 Å². The molecule has 116 valence electrons. The van der Waals surface area contributed by atoms with Crippen molar-refractivity contribution in [2.45, 2.75) is 13.3 Å². The van der Waals surface area contributed by atoms with Crippen LogP contribution >= 0.6 is 23.4 Å². The van der Waals surface area contributed by atoms with Crippen LogP contribution in [0.15, 0.2) is 53.4 Å². The first kappa shape index (κ1) is 15.8. The van der Waals surface area contributed by atoms with Crippen LogP contribution in [0.4, 0.5) is 10.5 Å². The number of thioether (sulfide) groups is 1. The summed E-state index contributed by atoms with van der Waals surface area (Å²) in [7, 11) is 0. The van der Waals surface area contributed by atoms with Gasteiger partial charge in [0.1, 0.15) is 0 Å². The van der Waals surface area contributed by atoms with Gasteiger partial charge in [0.25, 0.3) is 11.1 Å². The van der Waals surface area contributed by atoms with Crippen molar-refractivity contribution < 1.29 is 9.59 Å². The Morgan fingerprint density at radius 1 is 1.04 bits per heavy atom. The van der Waals surface area contributed by atoms with Crippen LogP contribution in [0.2, 0.25) is 5.02 Å². The molecule has 1 aliphatic rings. The molecule has 1 heterocycles. The lowest BCUT2D eigenvalue weighted by Crippen LogP contribution is -2.27. The molecule has 0 N–H and O–H groups in total. The average Bonchev–Trinajstić information content (AvgIpc) is 2.83. The predicted molar refractivity (Wildman–Crippen MR) is 95.7 cm³/mol. The normalized spacial score (nSPS) is 16.4. The first-order valence-electron chi connectivity index (χ1n) is 7.21. The van der Waals surface area contributed by atoms with E-state index in [1.807, 2.05) is 24.3 Å². The number of benzene rings is 2. The van der Waals surface area contributed by atoms with Crippen molar-refractivity contribution in [1.29, 1.82) is 0 Å². The molecule has 0 radical (unpaired) electrons. The molecule has 0 bridgehead atoms. The maximum absolute atomic E-state index is 12.5. The fourth-order valence-corrected chi connectivity index (χ4v) is 3.25. The van der Waals surface area contributed by atoms with Crippen molar-refractivity contribution in [2.24, 2.45) is 0 Å². The number of carbonyl (C=O) groups is 2. The summed E-state index contributed by atoms with van der Waals surface area (Å²) >= 11 is 6.80. The van der Waals surface area contributed by atoms with Gasteiger partial charge in [0, 0.05) is 5.02 Å². The summed E-state index contributed by atoms with van der Waals surface area (Å²) in [5, 5.41) is 0.265. The molecule has 3 rings (SSSR count). The maximum atomic E-state index is 12.5. The minimum atomic E-state index is -0.304. The van der Waals surface area contributed by atoms with E-state index in [1.54, 1.807) is 30.3 Å². The first-order valence-corrected chi connectivity index (χ1v) is 8.40. The smallest absolute Gasteiger partial charge is 0.268 e. The van der Waals surface area contributed by atoms with Gasteiger partial charge in [-0.2, -0.15) is 0 Å². The number of nitrogens with zero attached hydrogens (tertiary/aromatic N) is 1. The number of halogens is 1. The summed E-state index contributed by atoms with van der Waals surface area (Å²) in [4.78, 5) is 26.3. The van der Waals surface area contributed by atoms with E-state index in [2.05, 4.69) is 6.92 Å². The highest BCUT2D eigenvalue weighted by molar-refractivity contribution is 8.19. The highest BCUT2D eigenvalue weighted by Crippen LogP contribution is 2.36. The van der Waals surface area contributed by atoms with Gasteiger partial charge in [0.2, 0.25) is 0 Å². The molecule has 0 spiro atoms. The van der Waals surface area contributed by atoms with E-state index in [0.717, 1.165) is 23.7 Å². The molecule has 2 amide bonds. The largest absolute Gasteiger partial charge is 0.298 e. The highest BCUT2D eigenvalue weighted by Gasteiger charge is 2.36. The second-order valence-corrected chi connectivity index (χ2v) is 6.52. The van der Waals surface area contributed by atoms with Gasteiger partial charge in [-0.25, -0.2) is 4.90 Å².